The van der Waals surface area contributed by atoms with Crippen LogP contribution in [-0.2, 0) is 0 Å². The maximum atomic E-state index is 2.65. The van der Waals surface area contributed by atoms with E-state index in [0.717, 1.165) is 0 Å². The van der Waals surface area contributed by atoms with Crippen LogP contribution in [0.5, 0.6) is 0 Å². The van der Waals surface area contributed by atoms with E-state index in [1.54, 1.807) is 0 Å². The van der Waals surface area contributed by atoms with Crippen LogP contribution in [-0.4, -0.2) is 22.0 Å². The first-order chi connectivity index (χ1) is 6.19. The van der Waals surface area contributed by atoms with E-state index in [4.69, 9.17) is 0 Å². The van der Waals surface area contributed by atoms with Gasteiger partial charge < -0.3 is 0 Å². The van der Waals surface area contributed by atoms with Gasteiger partial charge in [-0.05, 0) is 54.4 Å². The molecule has 0 spiro atoms. The van der Waals surface area contributed by atoms with Gasteiger partial charge in [0.05, 0.1) is 0 Å². The molecule has 0 unspecified atom stereocenters. The summed E-state index contributed by atoms with van der Waals surface area (Å²) >= 11 is 0. The molecule has 0 aromatic rings. The summed E-state index contributed by atoms with van der Waals surface area (Å²) in [6.07, 6.45) is 2.41. The second-order valence-electron chi connectivity index (χ2n) is 5.80. The Labute approximate surface area is 90.9 Å². The van der Waals surface area contributed by atoms with Crippen LogP contribution in [0.1, 0.15) is 68.2 Å². The van der Waals surface area contributed by atoms with Crippen molar-refractivity contribution in [2.24, 2.45) is 0 Å². The van der Waals surface area contributed by atoms with Crippen molar-refractivity contribution >= 4 is 0 Å². The third-order valence-electron chi connectivity index (χ3n) is 3.55. The molecule has 0 rings (SSSR count). The summed E-state index contributed by atoms with van der Waals surface area (Å²) in [4.78, 5) is 2.65. The molecule has 0 saturated carbocycles. The first kappa shape index (κ1) is 14.0. The molecule has 14 heavy (non-hydrogen) atoms. The van der Waals surface area contributed by atoms with Gasteiger partial charge in [0.25, 0.3) is 0 Å². The largest absolute Gasteiger partial charge is 0.291 e. The summed E-state index contributed by atoms with van der Waals surface area (Å²) in [5.41, 5.74) is 0.599. The number of hydrogen-bond acceptors (Lipinski definition) is 1. The quantitative estimate of drug-likeness (QED) is 0.645. The lowest BCUT2D eigenvalue weighted by Crippen LogP contribution is -2.58. The molecule has 1 heteroatoms. The molecule has 0 atom stereocenters. The Kier molecular flexibility index (Phi) is 4.64. The Morgan fingerprint density at radius 2 is 1.14 bits per heavy atom. The summed E-state index contributed by atoms with van der Waals surface area (Å²) in [6.45, 7) is 18.6. The summed E-state index contributed by atoms with van der Waals surface area (Å²) in [6, 6.07) is 0.611. The van der Waals surface area contributed by atoms with E-state index in [1.807, 2.05) is 0 Å². The highest BCUT2D eigenvalue weighted by Gasteiger charge is 2.36. The predicted molar refractivity (Wildman–Crippen MR) is 65.7 cm³/mol. The molecule has 0 heterocycles. The van der Waals surface area contributed by atoms with Gasteiger partial charge in [-0.15, -0.1) is 0 Å². The van der Waals surface area contributed by atoms with Crippen molar-refractivity contribution in [3.05, 3.63) is 0 Å². The number of hydrogen-bond donors (Lipinski definition) is 0. The van der Waals surface area contributed by atoms with Gasteiger partial charge in [0.15, 0.2) is 0 Å². The van der Waals surface area contributed by atoms with Gasteiger partial charge >= 0.3 is 0 Å². The fourth-order valence-electron chi connectivity index (χ4n) is 2.56. The zero-order chi connectivity index (χ0) is 11.6. The van der Waals surface area contributed by atoms with Gasteiger partial charge in [-0.25, -0.2) is 0 Å². The Balaban J connectivity index is 4.96. The van der Waals surface area contributed by atoms with Gasteiger partial charge in [-0.3, -0.25) is 4.90 Å². The van der Waals surface area contributed by atoms with Crippen molar-refractivity contribution in [1.29, 1.82) is 0 Å². The molecule has 0 bridgehead atoms. The van der Waals surface area contributed by atoms with E-state index in [2.05, 4.69) is 60.3 Å². The molecule has 0 aromatic carbocycles. The molecule has 0 radical (unpaired) electrons. The first-order valence-corrected chi connectivity index (χ1v) is 5.98. The highest BCUT2D eigenvalue weighted by Crippen LogP contribution is 2.32. The standard InChI is InChI=1S/C13H29N/c1-9-12(5,6)14(11(3)4)13(7,8)10-2/h11H,9-10H2,1-8H3. The van der Waals surface area contributed by atoms with E-state index in [0.29, 0.717) is 17.1 Å². The lowest BCUT2D eigenvalue weighted by molar-refractivity contribution is -0.0167. The maximum Gasteiger partial charge on any atom is 0.0158 e. The molecular formula is C13H29N. The van der Waals surface area contributed by atoms with Crippen molar-refractivity contribution in [3.63, 3.8) is 0 Å². The molecule has 1 nitrogen and oxygen atoms in total. The lowest BCUT2D eigenvalue weighted by atomic mass is 9.87. The van der Waals surface area contributed by atoms with E-state index < -0.39 is 0 Å². The zero-order valence-corrected chi connectivity index (χ0v) is 11.4. The summed E-state index contributed by atoms with van der Waals surface area (Å²) in [5.74, 6) is 0. The lowest BCUT2D eigenvalue weighted by Gasteiger charge is -2.51. The molecule has 0 amide bonds. The van der Waals surface area contributed by atoms with Crippen LogP contribution < -0.4 is 0 Å². The molecule has 0 fully saturated rings. The molecule has 0 aliphatic carbocycles. The summed E-state index contributed by atoms with van der Waals surface area (Å²) in [5, 5.41) is 0. The van der Waals surface area contributed by atoms with Crippen molar-refractivity contribution in [1.82, 2.24) is 4.90 Å². The van der Waals surface area contributed by atoms with Crippen LogP contribution in [0.25, 0.3) is 0 Å². The number of nitrogens with zero attached hydrogens (tertiary/aromatic N) is 1. The van der Waals surface area contributed by atoms with Gasteiger partial charge in [0, 0.05) is 17.1 Å². The monoisotopic (exact) mass is 199 g/mol. The minimum absolute atomic E-state index is 0.299. The molecule has 86 valence electrons. The highest BCUT2D eigenvalue weighted by atomic mass is 15.3. The fraction of sp³-hybridized carbons (Fsp3) is 1.00. The minimum atomic E-state index is 0.299. The van der Waals surface area contributed by atoms with Crippen LogP contribution >= 0.6 is 0 Å². The fourth-order valence-corrected chi connectivity index (χ4v) is 2.56. The normalized spacial score (nSPS) is 14.1. The average Bonchev–Trinajstić information content (AvgIpc) is 2.02. The third-order valence-corrected chi connectivity index (χ3v) is 3.55. The average molecular weight is 199 g/mol. The summed E-state index contributed by atoms with van der Waals surface area (Å²) < 4.78 is 0. The minimum Gasteiger partial charge on any atom is -0.291 e. The number of rotatable bonds is 5. The van der Waals surface area contributed by atoms with E-state index in [9.17, 15) is 0 Å². The van der Waals surface area contributed by atoms with Crippen LogP contribution in [0.3, 0.4) is 0 Å². The van der Waals surface area contributed by atoms with Crippen LogP contribution in [0.15, 0.2) is 0 Å². The smallest absolute Gasteiger partial charge is 0.0158 e. The molecular weight excluding hydrogens is 170 g/mol. The van der Waals surface area contributed by atoms with Gasteiger partial charge in [-0.2, -0.15) is 0 Å². The van der Waals surface area contributed by atoms with Gasteiger partial charge in [0.2, 0.25) is 0 Å². The van der Waals surface area contributed by atoms with Crippen molar-refractivity contribution in [2.75, 3.05) is 0 Å². The van der Waals surface area contributed by atoms with E-state index in [1.165, 1.54) is 12.8 Å². The van der Waals surface area contributed by atoms with Crippen molar-refractivity contribution in [2.45, 2.75) is 85.4 Å². The molecule has 0 N–H and O–H groups in total. The van der Waals surface area contributed by atoms with Gasteiger partial charge in [0.1, 0.15) is 0 Å². The molecule has 0 saturated heterocycles. The van der Waals surface area contributed by atoms with Crippen LogP contribution in [0, 0.1) is 0 Å². The van der Waals surface area contributed by atoms with E-state index in [-0.39, 0.29) is 0 Å². The SMILES string of the molecule is CCC(C)(C)N(C(C)C)C(C)(C)CC. The second kappa shape index (κ2) is 4.65. The molecule has 0 aliphatic heterocycles. The third kappa shape index (κ3) is 2.98. The van der Waals surface area contributed by atoms with Crippen molar-refractivity contribution in [3.8, 4) is 0 Å². The Morgan fingerprint density at radius 3 is 1.29 bits per heavy atom. The first-order valence-electron chi connectivity index (χ1n) is 5.98. The van der Waals surface area contributed by atoms with Crippen molar-refractivity contribution < 1.29 is 0 Å². The van der Waals surface area contributed by atoms with E-state index >= 15 is 0 Å². The Morgan fingerprint density at radius 1 is 0.857 bits per heavy atom. The maximum absolute atomic E-state index is 2.65. The second-order valence-corrected chi connectivity index (χ2v) is 5.80. The van der Waals surface area contributed by atoms with Crippen LogP contribution in [0.4, 0.5) is 0 Å². The predicted octanol–water partition coefficient (Wildman–Crippen LogP) is 4.07. The topological polar surface area (TPSA) is 3.24 Å². The highest BCUT2D eigenvalue weighted by molar-refractivity contribution is 4.92. The Bertz CT molecular complexity index is 152. The Hall–Kier alpha value is -0.0400. The zero-order valence-electron chi connectivity index (χ0n) is 11.4. The van der Waals surface area contributed by atoms with Gasteiger partial charge in [-0.1, -0.05) is 13.8 Å². The molecule has 0 aliphatic rings. The van der Waals surface area contributed by atoms with Crippen LogP contribution in [0.2, 0.25) is 0 Å². The summed E-state index contributed by atoms with van der Waals surface area (Å²) in [7, 11) is 0. The molecule has 0 aromatic heterocycles.